The van der Waals surface area contributed by atoms with Crippen molar-refractivity contribution in [3.8, 4) is 5.69 Å². The van der Waals surface area contributed by atoms with E-state index in [-0.39, 0.29) is 16.5 Å². The van der Waals surface area contributed by atoms with Crippen molar-refractivity contribution in [3.63, 3.8) is 0 Å². The van der Waals surface area contributed by atoms with Gasteiger partial charge in [0.1, 0.15) is 24.0 Å². The highest BCUT2D eigenvalue weighted by Gasteiger charge is 2.13. The Balaban J connectivity index is 2.24. The molecule has 2 aromatic heterocycles. The second-order valence-corrected chi connectivity index (χ2v) is 4.53. The lowest BCUT2D eigenvalue weighted by Crippen LogP contribution is -2.01. The van der Waals surface area contributed by atoms with Crippen LogP contribution in [0.2, 0.25) is 5.15 Å². The number of fused-ring (bicyclic) bond motifs is 1. The molecule has 0 atom stereocenters. The van der Waals surface area contributed by atoms with Crippen molar-refractivity contribution in [1.29, 1.82) is 0 Å². The summed E-state index contributed by atoms with van der Waals surface area (Å²) in [7, 11) is 0. The van der Waals surface area contributed by atoms with Gasteiger partial charge >= 0.3 is 0 Å². The predicted octanol–water partition coefficient (Wildman–Crippen LogP) is 2.81. The summed E-state index contributed by atoms with van der Waals surface area (Å²) in [5.74, 6) is -0.903. The summed E-state index contributed by atoms with van der Waals surface area (Å²) >= 11 is 5.92. The SMILES string of the molecule is CC(=O)c1cc(-n2cnc3c(Cl)ncnc32)ccc1F. The van der Waals surface area contributed by atoms with Gasteiger partial charge in [0.2, 0.25) is 0 Å². The molecule has 20 heavy (non-hydrogen) atoms. The number of ketones is 1. The molecule has 100 valence electrons. The Bertz CT molecular complexity index is 830. The minimum atomic E-state index is -0.557. The molecule has 0 radical (unpaired) electrons. The van der Waals surface area contributed by atoms with Gasteiger partial charge in [-0.25, -0.2) is 19.3 Å². The summed E-state index contributed by atoms with van der Waals surface area (Å²) in [4.78, 5) is 23.5. The number of hydrogen-bond acceptors (Lipinski definition) is 4. The van der Waals surface area contributed by atoms with Crippen molar-refractivity contribution >= 4 is 28.5 Å². The highest BCUT2D eigenvalue weighted by molar-refractivity contribution is 6.33. The van der Waals surface area contributed by atoms with Crippen molar-refractivity contribution < 1.29 is 9.18 Å². The normalized spacial score (nSPS) is 10.9. The number of halogens is 2. The summed E-state index contributed by atoms with van der Waals surface area (Å²) in [5, 5.41) is 0.239. The first-order valence-electron chi connectivity index (χ1n) is 5.72. The zero-order valence-corrected chi connectivity index (χ0v) is 11.1. The number of carbonyl (C=O) groups is 1. The molecule has 3 aromatic rings. The van der Waals surface area contributed by atoms with Gasteiger partial charge in [-0.15, -0.1) is 0 Å². The maximum absolute atomic E-state index is 13.5. The smallest absolute Gasteiger partial charge is 0.169 e. The number of Topliss-reactive ketones (excluding diaryl/α,β-unsaturated/α-hetero) is 1. The van der Waals surface area contributed by atoms with Crippen LogP contribution in [0.5, 0.6) is 0 Å². The fraction of sp³-hybridized carbons (Fsp3) is 0.0769. The van der Waals surface area contributed by atoms with E-state index in [1.54, 1.807) is 10.6 Å². The summed E-state index contributed by atoms with van der Waals surface area (Å²) in [6.07, 6.45) is 2.82. The van der Waals surface area contributed by atoms with E-state index in [0.29, 0.717) is 16.9 Å². The van der Waals surface area contributed by atoms with Crippen molar-refractivity contribution in [2.24, 2.45) is 0 Å². The van der Waals surface area contributed by atoms with Crippen LogP contribution < -0.4 is 0 Å². The average Bonchev–Trinajstić information content (AvgIpc) is 2.84. The van der Waals surface area contributed by atoms with Crippen LogP contribution in [0.4, 0.5) is 4.39 Å². The van der Waals surface area contributed by atoms with E-state index in [9.17, 15) is 9.18 Å². The molecule has 5 nitrogen and oxygen atoms in total. The molecule has 0 saturated heterocycles. The fourth-order valence-electron chi connectivity index (χ4n) is 1.93. The maximum Gasteiger partial charge on any atom is 0.169 e. The monoisotopic (exact) mass is 290 g/mol. The van der Waals surface area contributed by atoms with Crippen LogP contribution in [0.3, 0.4) is 0 Å². The first-order chi connectivity index (χ1) is 9.58. The molecule has 0 N–H and O–H groups in total. The van der Waals surface area contributed by atoms with Gasteiger partial charge in [0.25, 0.3) is 0 Å². The Hall–Kier alpha value is -2.34. The van der Waals surface area contributed by atoms with E-state index in [1.807, 2.05) is 0 Å². The summed E-state index contributed by atoms with van der Waals surface area (Å²) in [5.41, 5.74) is 1.53. The maximum atomic E-state index is 13.5. The third-order valence-corrected chi connectivity index (χ3v) is 3.17. The number of nitrogens with zero attached hydrogens (tertiary/aromatic N) is 4. The largest absolute Gasteiger partial charge is 0.294 e. The van der Waals surface area contributed by atoms with Gasteiger partial charge in [-0.2, -0.15) is 0 Å². The van der Waals surface area contributed by atoms with Crippen molar-refractivity contribution in [2.75, 3.05) is 0 Å². The molecule has 2 heterocycles. The Morgan fingerprint density at radius 2 is 2.10 bits per heavy atom. The van der Waals surface area contributed by atoms with Gasteiger partial charge in [-0.1, -0.05) is 11.6 Å². The second kappa shape index (κ2) is 4.64. The van der Waals surface area contributed by atoms with Crippen LogP contribution in [0.1, 0.15) is 17.3 Å². The fourth-order valence-corrected chi connectivity index (χ4v) is 2.11. The zero-order valence-electron chi connectivity index (χ0n) is 10.3. The molecular weight excluding hydrogens is 283 g/mol. The zero-order chi connectivity index (χ0) is 14.3. The molecule has 0 bridgehead atoms. The average molecular weight is 291 g/mol. The number of imidazole rings is 1. The highest BCUT2D eigenvalue weighted by atomic mass is 35.5. The number of aromatic nitrogens is 4. The molecule has 0 spiro atoms. The van der Waals surface area contributed by atoms with Gasteiger partial charge in [-0.05, 0) is 25.1 Å². The van der Waals surface area contributed by atoms with Gasteiger partial charge < -0.3 is 0 Å². The number of benzene rings is 1. The molecule has 0 saturated carbocycles. The van der Waals surface area contributed by atoms with E-state index in [4.69, 9.17) is 11.6 Å². The van der Waals surface area contributed by atoms with Gasteiger partial charge in [0, 0.05) is 5.69 Å². The molecule has 0 fully saturated rings. The van der Waals surface area contributed by atoms with Crippen LogP contribution in [-0.4, -0.2) is 25.3 Å². The molecule has 0 amide bonds. The van der Waals surface area contributed by atoms with Crippen LogP contribution in [0, 0.1) is 5.82 Å². The third-order valence-electron chi connectivity index (χ3n) is 2.90. The standard InChI is InChI=1S/C13H8ClFN4O/c1-7(20)9-4-8(2-3-10(9)15)19-6-18-11-12(14)16-5-17-13(11)19/h2-6H,1H3. The molecule has 0 aliphatic heterocycles. The van der Waals surface area contributed by atoms with E-state index in [1.165, 1.54) is 31.7 Å². The minimum absolute atomic E-state index is 0.0181. The quantitative estimate of drug-likeness (QED) is 0.538. The molecule has 1 aromatic carbocycles. The Morgan fingerprint density at radius 3 is 2.85 bits per heavy atom. The lowest BCUT2D eigenvalue weighted by molar-refractivity contribution is 0.101. The molecule has 3 rings (SSSR count). The van der Waals surface area contributed by atoms with Crippen LogP contribution >= 0.6 is 11.6 Å². The predicted molar refractivity (Wildman–Crippen MR) is 71.6 cm³/mol. The molecular formula is C13H8ClFN4O. The number of rotatable bonds is 2. The molecule has 7 heteroatoms. The van der Waals surface area contributed by atoms with E-state index < -0.39 is 5.82 Å². The third kappa shape index (κ3) is 1.94. The lowest BCUT2D eigenvalue weighted by Gasteiger charge is -2.06. The number of carbonyl (C=O) groups excluding carboxylic acids is 1. The Kier molecular flexibility index (Phi) is 2.94. The first kappa shape index (κ1) is 12.7. The second-order valence-electron chi connectivity index (χ2n) is 4.17. The van der Waals surface area contributed by atoms with Gasteiger partial charge in [0.05, 0.1) is 5.56 Å². The Labute approximate surface area is 118 Å². The van der Waals surface area contributed by atoms with E-state index >= 15 is 0 Å². The summed E-state index contributed by atoms with van der Waals surface area (Å²) in [6.45, 7) is 1.31. The molecule has 0 aliphatic carbocycles. The van der Waals surface area contributed by atoms with Crippen LogP contribution in [0.15, 0.2) is 30.9 Å². The van der Waals surface area contributed by atoms with Crippen LogP contribution in [-0.2, 0) is 0 Å². The molecule has 0 unspecified atom stereocenters. The van der Waals surface area contributed by atoms with Crippen molar-refractivity contribution in [3.05, 3.63) is 47.4 Å². The van der Waals surface area contributed by atoms with Gasteiger partial charge in [-0.3, -0.25) is 9.36 Å². The van der Waals surface area contributed by atoms with Crippen LogP contribution in [0.25, 0.3) is 16.9 Å². The first-order valence-corrected chi connectivity index (χ1v) is 6.10. The van der Waals surface area contributed by atoms with Crippen molar-refractivity contribution in [2.45, 2.75) is 6.92 Å². The van der Waals surface area contributed by atoms with Gasteiger partial charge in [0.15, 0.2) is 16.6 Å². The minimum Gasteiger partial charge on any atom is -0.294 e. The lowest BCUT2D eigenvalue weighted by atomic mass is 10.1. The highest BCUT2D eigenvalue weighted by Crippen LogP contribution is 2.22. The summed E-state index contributed by atoms with van der Waals surface area (Å²) in [6, 6.07) is 4.23. The van der Waals surface area contributed by atoms with E-state index in [2.05, 4.69) is 15.0 Å². The topological polar surface area (TPSA) is 60.7 Å². The Morgan fingerprint density at radius 1 is 1.30 bits per heavy atom. The summed E-state index contributed by atoms with van der Waals surface area (Å²) < 4.78 is 15.2. The van der Waals surface area contributed by atoms with E-state index in [0.717, 1.165) is 0 Å². The number of hydrogen-bond donors (Lipinski definition) is 0. The molecule has 0 aliphatic rings. The van der Waals surface area contributed by atoms with Crippen molar-refractivity contribution in [1.82, 2.24) is 19.5 Å².